The summed E-state index contributed by atoms with van der Waals surface area (Å²) in [6.07, 6.45) is 0.378. The molecule has 0 spiro atoms. The third-order valence-electron chi connectivity index (χ3n) is 1.53. The van der Waals surface area contributed by atoms with Crippen molar-refractivity contribution in [1.82, 2.24) is 0 Å². The maximum atomic E-state index is 11.5. The van der Waals surface area contributed by atoms with Crippen molar-refractivity contribution < 1.29 is 13.9 Å². The molecule has 0 aliphatic rings. The summed E-state index contributed by atoms with van der Waals surface area (Å²) >= 11 is 0. The summed E-state index contributed by atoms with van der Waals surface area (Å²) in [4.78, 5) is 11.3. The van der Waals surface area contributed by atoms with E-state index in [9.17, 15) is 9.18 Å². The van der Waals surface area contributed by atoms with Crippen LogP contribution in [-0.2, 0) is 9.53 Å². The number of halogens is 1. The van der Waals surface area contributed by atoms with Gasteiger partial charge in [0.25, 0.3) is 0 Å². The first-order valence-electron chi connectivity index (χ1n) is 4.15. The van der Waals surface area contributed by atoms with Gasteiger partial charge in [-0.3, -0.25) is 4.79 Å². The van der Waals surface area contributed by atoms with E-state index >= 15 is 0 Å². The lowest BCUT2D eigenvalue weighted by molar-refractivity contribution is -0.127. The minimum atomic E-state index is -0.482. The van der Waals surface area contributed by atoms with Crippen LogP contribution in [0.25, 0.3) is 0 Å². The van der Waals surface area contributed by atoms with Gasteiger partial charge in [-0.05, 0) is 0 Å². The Hall–Kier alpha value is -0.440. The molecular formula is C9H17FO2. The zero-order valence-corrected chi connectivity index (χ0v) is 8.02. The van der Waals surface area contributed by atoms with E-state index in [1.54, 1.807) is 0 Å². The summed E-state index contributed by atoms with van der Waals surface area (Å²) in [5.74, 6) is 0.154. The normalized spacial score (nSPS) is 11.7. The van der Waals surface area contributed by atoms with E-state index in [4.69, 9.17) is 4.74 Å². The average molecular weight is 175 g/mol. The molecule has 12 heavy (non-hydrogen) atoms. The molecule has 0 aliphatic carbocycles. The fourth-order valence-corrected chi connectivity index (χ4v) is 0.696. The maximum Gasteiger partial charge on any atom is 0.140 e. The minimum Gasteiger partial charge on any atom is -0.378 e. The van der Waals surface area contributed by atoms with E-state index in [2.05, 4.69) is 0 Å². The average Bonchev–Trinajstić information content (AvgIpc) is 1.96. The van der Waals surface area contributed by atoms with Crippen molar-refractivity contribution in [2.75, 3.05) is 19.9 Å². The number of rotatable bonds is 5. The van der Waals surface area contributed by atoms with E-state index in [1.165, 1.54) is 0 Å². The van der Waals surface area contributed by atoms with Crippen LogP contribution in [0.15, 0.2) is 0 Å². The van der Waals surface area contributed by atoms with E-state index in [-0.39, 0.29) is 17.8 Å². The molecule has 0 aliphatic heterocycles. The summed E-state index contributed by atoms with van der Waals surface area (Å²) in [6.45, 7) is 5.54. The van der Waals surface area contributed by atoms with Gasteiger partial charge >= 0.3 is 0 Å². The highest BCUT2D eigenvalue weighted by atomic mass is 18.2. The van der Waals surface area contributed by atoms with Gasteiger partial charge in [0, 0.05) is 11.8 Å². The molecule has 0 rings (SSSR count). The lowest BCUT2D eigenvalue weighted by Crippen LogP contribution is -2.21. The van der Waals surface area contributed by atoms with Crippen molar-refractivity contribution in [2.24, 2.45) is 5.41 Å². The second-order valence-electron chi connectivity index (χ2n) is 3.72. The highest BCUT2D eigenvalue weighted by molar-refractivity contribution is 5.83. The lowest BCUT2D eigenvalue weighted by Gasteiger charge is -2.15. The topological polar surface area (TPSA) is 26.3 Å². The number of hydrogen-bond donors (Lipinski definition) is 0. The van der Waals surface area contributed by atoms with Crippen LogP contribution in [0.5, 0.6) is 0 Å². The Kier molecular flexibility index (Phi) is 5.06. The molecular weight excluding hydrogens is 158 g/mol. The molecule has 0 atom stereocenters. The Labute approximate surface area is 73.1 Å². The molecule has 0 fully saturated rings. The van der Waals surface area contributed by atoms with E-state index in [0.717, 1.165) is 0 Å². The quantitative estimate of drug-likeness (QED) is 0.597. The SMILES string of the molecule is CC(C)(C)C(=O)CCOCC[18F]. The zero-order valence-electron chi connectivity index (χ0n) is 8.02. The molecule has 72 valence electrons. The molecule has 0 amide bonds. The minimum absolute atomic E-state index is 0.0947. The zero-order chi connectivity index (χ0) is 9.61. The Balaban J connectivity index is 3.45. The standard InChI is InChI=1S/C9H17FO2/c1-9(2,3)8(11)4-6-12-7-5-10/h4-7H2,1-3H3/i10-1. The van der Waals surface area contributed by atoms with Gasteiger partial charge in [0.05, 0.1) is 13.2 Å². The first-order valence-corrected chi connectivity index (χ1v) is 4.15. The molecule has 0 bridgehead atoms. The largest absolute Gasteiger partial charge is 0.378 e. The van der Waals surface area contributed by atoms with Crippen LogP contribution in [0.4, 0.5) is 4.39 Å². The molecule has 2 nitrogen and oxygen atoms in total. The molecule has 0 heterocycles. The monoisotopic (exact) mass is 175 g/mol. The summed E-state index contributed by atoms with van der Waals surface area (Å²) < 4.78 is 16.4. The van der Waals surface area contributed by atoms with Crippen molar-refractivity contribution in [3.05, 3.63) is 0 Å². The lowest BCUT2D eigenvalue weighted by atomic mass is 9.89. The van der Waals surface area contributed by atoms with Gasteiger partial charge in [0.1, 0.15) is 12.5 Å². The summed E-state index contributed by atoms with van der Waals surface area (Å²) in [5.41, 5.74) is -0.306. The number of ketones is 1. The molecule has 0 aromatic rings. The molecule has 0 N–H and O–H groups in total. The van der Waals surface area contributed by atoms with Crippen LogP contribution in [-0.4, -0.2) is 25.7 Å². The van der Waals surface area contributed by atoms with Crippen molar-refractivity contribution in [3.63, 3.8) is 0 Å². The molecule has 0 radical (unpaired) electrons. The summed E-state index contributed by atoms with van der Waals surface area (Å²) in [5, 5.41) is 0. The first-order chi connectivity index (χ1) is 5.48. The number of alkyl halides is 1. The van der Waals surface area contributed by atoms with Gasteiger partial charge in [-0.2, -0.15) is 0 Å². The number of Topliss-reactive ketones (excluding diaryl/α,β-unsaturated/α-hetero) is 1. The maximum absolute atomic E-state index is 11.5. The first kappa shape index (κ1) is 11.6. The predicted molar refractivity (Wildman–Crippen MR) is 45.9 cm³/mol. The van der Waals surface area contributed by atoms with E-state index < -0.39 is 6.67 Å². The number of hydrogen-bond acceptors (Lipinski definition) is 2. The number of carbonyl (C=O) groups is 1. The molecule has 0 aromatic heterocycles. The molecule has 0 unspecified atom stereocenters. The highest BCUT2D eigenvalue weighted by Crippen LogP contribution is 2.16. The van der Waals surface area contributed by atoms with Crippen LogP contribution in [0.3, 0.4) is 0 Å². The molecule has 0 saturated carbocycles. The smallest absolute Gasteiger partial charge is 0.140 e. The Bertz CT molecular complexity index is 138. The fraction of sp³-hybridized carbons (Fsp3) is 0.889. The van der Waals surface area contributed by atoms with Crippen LogP contribution >= 0.6 is 0 Å². The van der Waals surface area contributed by atoms with Crippen molar-refractivity contribution in [3.8, 4) is 0 Å². The highest BCUT2D eigenvalue weighted by Gasteiger charge is 2.20. The second-order valence-corrected chi connectivity index (χ2v) is 3.72. The van der Waals surface area contributed by atoms with E-state index in [1.807, 2.05) is 20.8 Å². The van der Waals surface area contributed by atoms with Crippen LogP contribution in [0.1, 0.15) is 27.2 Å². The number of carbonyl (C=O) groups excluding carboxylic acids is 1. The second kappa shape index (κ2) is 5.25. The van der Waals surface area contributed by atoms with Crippen LogP contribution < -0.4 is 0 Å². The van der Waals surface area contributed by atoms with Gasteiger partial charge in [-0.1, -0.05) is 20.8 Å². The third-order valence-corrected chi connectivity index (χ3v) is 1.53. The number of ether oxygens (including phenoxy) is 1. The van der Waals surface area contributed by atoms with Crippen molar-refractivity contribution in [1.29, 1.82) is 0 Å². The fourth-order valence-electron chi connectivity index (χ4n) is 0.696. The summed E-state index contributed by atoms with van der Waals surface area (Å²) in [6, 6.07) is 0. The van der Waals surface area contributed by atoms with Gasteiger partial charge in [0.15, 0.2) is 0 Å². The van der Waals surface area contributed by atoms with Crippen LogP contribution in [0.2, 0.25) is 0 Å². The summed E-state index contributed by atoms with van der Waals surface area (Å²) in [7, 11) is 0. The van der Waals surface area contributed by atoms with Gasteiger partial charge in [-0.15, -0.1) is 0 Å². The van der Waals surface area contributed by atoms with Crippen molar-refractivity contribution >= 4 is 5.78 Å². The third kappa shape index (κ3) is 5.24. The van der Waals surface area contributed by atoms with Gasteiger partial charge in [0.2, 0.25) is 0 Å². The van der Waals surface area contributed by atoms with Crippen molar-refractivity contribution in [2.45, 2.75) is 27.2 Å². The molecule has 0 saturated heterocycles. The van der Waals surface area contributed by atoms with Crippen LogP contribution in [0, 0.1) is 5.41 Å². The molecule has 0 aromatic carbocycles. The molecule has 3 heteroatoms. The van der Waals surface area contributed by atoms with Gasteiger partial charge in [-0.25, -0.2) is 4.39 Å². The Morgan fingerprint density at radius 2 is 1.92 bits per heavy atom. The predicted octanol–water partition coefficient (Wildman–Crippen LogP) is 1.98. The Morgan fingerprint density at radius 1 is 1.33 bits per heavy atom. The van der Waals surface area contributed by atoms with Gasteiger partial charge < -0.3 is 4.74 Å². The Morgan fingerprint density at radius 3 is 2.33 bits per heavy atom. The van der Waals surface area contributed by atoms with E-state index in [0.29, 0.717) is 13.0 Å².